The third kappa shape index (κ3) is 63.3. The van der Waals surface area contributed by atoms with E-state index in [2.05, 4.69) is 106 Å². The number of hydrogen-bond donors (Lipinski definition) is 0. The zero-order valence-electron chi connectivity index (χ0n) is 51.0. The molecule has 0 aromatic heterocycles. The summed E-state index contributed by atoms with van der Waals surface area (Å²) >= 11 is 0. The highest BCUT2D eigenvalue weighted by Crippen LogP contribution is 2.16. The second kappa shape index (κ2) is 65.1. The Morgan fingerprint density at radius 1 is 0.260 bits per heavy atom. The topological polar surface area (TPSA) is 78.9 Å². The number of hydrogen-bond acceptors (Lipinski definition) is 6. The molecule has 6 heteroatoms. The fourth-order valence-electron chi connectivity index (χ4n) is 9.33. The molecule has 0 saturated carbocycles. The standard InChI is InChI=1S/C71H124O6/c1-4-7-10-13-16-19-22-25-28-31-33-34-35-36-38-40-43-46-49-52-55-58-61-64-70(73)76-67-68(66-75-69(72)63-60-57-54-51-48-45-42-39-30-27-24-21-18-15-12-9-6-3)77-71(74)65-62-59-56-53-50-47-44-41-37-32-29-26-23-20-17-14-11-8-5-2/h17-18,20-22,25-27,29-31,33,37,41,68H,4-16,19,23-24,28,32,34-36,38-40,42-67H2,1-3H3/b20-17-,21-18-,25-22-,29-26-,30-27-,33-31-,41-37-. The summed E-state index contributed by atoms with van der Waals surface area (Å²) in [6.07, 6.45) is 85.8. The van der Waals surface area contributed by atoms with Gasteiger partial charge in [0.25, 0.3) is 0 Å². The molecule has 1 unspecified atom stereocenters. The van der Waals surface area contributed by atoms with Gasteiger partial charge in [0.05, 0.1) is 0 Å². The van der Waals surface area contributed by atoms with Crippen molar-refractivity contribution >= 4 is 17.9 Å². The summed E-state index contributed by atoms with van der Waals surface area (Å²) < 4.78 is 17.0. The Bertz CT molecular complexity index is 1470. The van der Waals surface area contributed by atoms with Gasteiger partial charge in [-0.3, -0.25) is 14.4 Å². The smallest absolute Gasteiger partial charge is 0.306 e. The number of esters is 3. The lowest BCUT2D eigenvalue weighted by Crippen LogP contribution is -2.30. The van der Waals surface area contributed by atoms with Gasteiger partial charge in [-0.1, -0.05) is 273 Å². The number of ether oxygens (including phenoxy) is 3. The van der Waals surface area contributed by atoms with Gasteiger partial charge in [0, 0.05) is 19.3 Å². The minimum Gasteiger partial charge on any atom is -0.462 e. The molecule has 0 saturated heterocycles. The highest BCUT2D eigenvalue weighted by Gasteiger charge is 2.19. The largest absolute Gasteiger partial charge is 0.462 e. The second-order valence-corrected chi connectivity index (χ2v) is 22.0. The van der Waals surface area contributed by atoms with Crippen LogP contribution in [0.3, 0.4) is 0 Å². The predicted molar refractivity (Wildman–Crippen MR) is 334 cm³/mol. The summed E-state index contributed by atoms with van der Waals surface area (Å²) in [6.45, 7) is 6.59. The van der Waals surface area contributed by atoms with Gasteiger partial charge in [-0.2, -0.15) is 0 Å². The molecular formula is C71H124O6. The number of unbranched alkanes of at least 4 members (excludes halogenated alkanes) is 35. The van der Waals surface area contributed by atoms with Crippen molar-refractivity contribution in [3.63, 3.8) is 0 Å². The molecule has 0 N–H and O–H groups in total. The van der Waals surface area contributed by atoms with E-state index in [1.165, 1.54) is 186 Å². The Kier molecular flexibility index (Phi) is 62.2. The van der Waals surface area contributed by atoms with Crippen LogP contribution in [0.1, 0.15) is 329 Å². The summed E-state index contributed by atoms with van der Waals surface area (Å²) in [5.74, 6) is -0.894. The van der Waals surface area contributed by atoms with Gasteiger partial charge in [0.2, 0.25) is 0 Å². The van der Waals surface area contributed by atoms with Crippen LogP contribution in [-0.4, -0.2) is 37.2 Å². The quantitative estimate of drug-likeness (QED) is 0.0261. The van der Waals surface area contributed by atoms with Crippen molar-refractivity contribution in [2.24, 2.45) is 0 Å². The lowest BCUT2D eigenvalue weighted by Gasteiger charge is -2.18. The number of carbonyl (C=O) groups is 3. The zero-order valence-corrected chi connectivity index (χ0v) is 51.0. The summed E-state index contributed by atoms with van der Waals surface area (Å²) in [6, 6.07) is 0. The van der Waals surface area contributed by atoms with Gasteiger partial charge in [0.15, 0.2) is 6.10 Å². The van der Waals surface area contributed by atoms with Gasteiger partial charge >= 0.3 is 17.9 Å². The normalized spacial score (nSPS) is 12.6. The van der Waals surface area contributed by atoms with Crippen molar-refractivity contribution in [2.75, 3.05) is 13.2 Å². The Morgan fingerprint density at radius 2 is 0.468 bits per heavy atom. The first-order valence-electron chi connectivity index (χ1n) is 33.1. The molecule has 0 aromatic rings. The number of allylic oxidation sites excluding steroid dienone is 14. The van der Waals surface area contributed by atoms with Crippen molar-refractivity contribution in [1.29, 1.82) is 0 Å². The zero-order chi connectivity index (χ0) is 55.7. The van der Waals surface area contributed by atoms with E-state index < -0.39 is 6.10 Å². The fourth-order valence-corrected chi connectivity index (χ4v) is 9.33. The molecular weight excluding hydrogens is 949 g/mol. The van der Waals surface area contributed by atoms with Gasteiger partial charge in [-0.15, -0.1) is 0 Å². The molecule has 77 heavy (non-hydrogen) atoms. The third-order valence-corrected chi connectivity index (χ3v) is 14.3. The van der Waals surface area contributed by atoms with Crippen molar-refractivity contribution in [3.8, 4) is 0 Å². The molecule has 0 amide bonds. The molecule has 0 aromatic carbocycles. The van der Waals surface area contributed by atoms with Crippen molar-refractivity contribution in [3.05, 3.63) is 85.1 Å². The second-order valence-electron chi connectivity index (χ2n) is 22.0. The highest BCUT2D eigenvalue weighted by atomic mass is 16.6. The Morgan fingerprint density at radius 3 is 0.753 bits per heavy atom. The molecule has 0 heterocycles. The Balaban J connectivity index is 4.39. The lowest BCUT2D eigenvalue weighted by molar-refractivity contribution is -0.167. The van der Waals surface area contributed by atoms with Gasteiger partial charge < -0.3 is 14.2 Å². The number of carbonyl (C=O) groups excluding carboxylic acids is 3. The summed E-state index contributed by atoms with van der Waals surface area (Å²) in [7, 11) is 0. The molecule has 0 fully saturated rings. The van der Waals surface area contributed by atoms with Gasteiger partial charge in [0.1, 0.15) is 13.2 Å². The summed E-state index contributed by atoms with van der Waals surface area (Å²) in [5, 5.41) is 0. The van der Waals surface area contributed by atoms with E-state index in [1.54, 1.807) is 0 Å². The summed E-state index contributed by atoms with van der Waals surface area (Å²) in [4.78, 5) is 38.4. The minimum atomic E-state index is -0.790. The average Bonchev–Trinajstić information content (AvgIpc) is 3.43. The Labute approximate surface area is 477 Å². The molecule has 1 atom stereocenters. The van der Waals surface area contributed by atoms with E-state index in [0.29, 0.717) is 19.3 Å². The average molecular weight is 1070 g/mol. The maximum Gasteiger partial charge on any atom is 0.306 e. The molecule has 0 bridgehead atoms. The van der Waals surface area contributed by atoms with Crippen LogP contribution in [-0.2, 0) is 28.6 Å². The molecule has 444 valence electrons. The molecule has 0 rings (SSSR count). The molecule has 0 aliphatic rings. The van der Waals surface area contributed by atoms with Crippen LogP contribution in [0.5, 0.6) is 0 Å². The van der Waals surface area contributed by atoms with Crippen LogP contribution >= 0.6 is 0 Å². The van der Waals surface area contributed by atoms with Crippen LogP contribution in [0.25, 0.3) is 0 Å². The molecule has 0 aliphatic heterocycles. The van der Waals surface area contributed by atoms with Gasteiger partial charge in [-0.25, -0.2) is 0 Å². The van der Waals surface area contributed by atoms with Crippen LogP contribution in [0.15, 0.2) is 85.1 Å². The third-order valence-electron chi connectivity index (χ3n) is 14.3. The SMILES string of the molecule is CCCCC/C=C\C/C=C\C/C=C\CCCCCCCCC(=O)OC(COC(=O)CCCCCCCCC/C=C\C/C=C\CCCCC)COC(=O)CCCCCCCCCCCCC/C=C\C/C=C\CCCCCCC. The lowest BCUT2D eigenvalue weighted by atomic mass is 10.0. The van der Waals surface area contributed by atoms with E-state index >= 15 is 0 Å². The van der Waals surface area contributed by atoms with E-state index in [-0.39, 0.29) is 31.1 Å². The van der Waals surface area contributed by atoms with E-state index in [4.69, 9.17) is 14.2 Å². The molecule has 0 spiro atoms. The highest BCUT2D eigenvalue weighted by molar-refractivity contribution is 5.71. The number of rotatable bonds is 60. The van der Waals surface area contributed by atoms with E-state index in [9.17, 15) is 14.4 Å². The van der Waals surface area contributed by atoms with Crippen molar-refractivity contribution in [2.45, 2.75) is 335 Å². The van der Waals surface area contributed by atoms with Gasteiger partial charge in [-0.05, 0) is 122 Å². The van der Waals surface area contributed by atoms with Crippen LogP contribution < -0.4 is 0 Å². The first-order valence-corrected chi connectivity index (χ1v) is 33.1. The maximum atomic E-state index is 12.9. The van der Waals surface area contributed by atoms with E-state index in [0.717, 1.165) is 103 Å². The summed E-state index contributed by atoms with van der Waals surface area (Å²) in [5.41, 5.74) is 0. The first-order chi connectivity index (χ1) is 38.0. The predicted octanol–water partition coefficient (Wildman–Crippen LogP) is 22.7. The first kappa shape index (κ1) is 73.6. The Hall–Kier alpha value is -3.41. The van der Waals surface area contributed by atoms with Crippen LogP contribution in [0.2, 0.25) is 0 Å². The van der Waals surface area contributed by atoms with Crippen LogP contribution in [0.4, 0.5) is 0 Å². The van der Waals surface area contributed by atoms with Crippen LogP contribution in [0, 0.1) is 0 Å². The maximum absolute atomic E-state index is 12.9. The minimum absolute atomic E-state index is 0.0846. The van der Waals surface area contributed by atoms with Crippen molar-refractivity contribution < 1.29 is 28.6 Å². The van der Waals surface area contributed by atoms with E-state index in [1.807, 2.05) is 0 Å². The monoisotopic (exact) mass is 1070 g/mol. The van der Waals surface area contributed by atoms with Crippen molar-refractivity contribution in [1.82, 2.24) is 0 Å². The molecule has 0 aliphatic carbocycles. The molecule has 0 radical (unpaired) electrons. The fraction of sp³-hybridized carbons (Fsp3) is 0.761. The molecule has 6 nitrogen and oxygen atoms in total.